The molecule has 1 fully saturated rings. The van der Waals surface area contributed by atoms with Gasteiger partial charge in [-0.3, -0.25) is 0 Å². The van der Waals surface area contributed by atoms with Gasteiger partial charge < -0.3 is 10.2 Å². The van der Waals surface area contributed by atoms with Crippen LogP contribution in [0, 0.1) is 6.92 Å². The first-order valence-corrected chi connectivity index (χ1v) is 6.81. The number of nitrogens with one attached hydrogen (secondary N) is 1. The number of aryl methyl sites for hydroxylation is 1. The normalized spacial score (nSPS) is 17.6. The standard InChI is InChI=1S/C14H24N4/c1-10-8-13(12-6-5-7-12)17-14(15-10)16-11(2)9-18(3)4/h8,11-12H,5-7,9H2,1-4H3,(H,15,16,17)/t11-/m1/s1. The van der Waals surface area contributed by atoms with E-state index in [1.54, 1.807) is 0 Å². The summed E-state index contributed by atoms with van der Waals surface area (Å²) in [4.78, 5) is 11.3. The summed E-state index contributed by atoms with van der Waals surface area (Å²) in [5, 5.41) is 3.39. The van der Waals surface area contributed by atoms with Crippen molar-refractivity contribution in [2.45, 2.75) is 45.1 Å². The highest BCUT2D eigenvalue weighted by atomic mass is 15.2. The quantitative estimate of drug-likeness (QED) is 0.869. The van der Waals surface area contributed by atoms with Crippen LogP contribution in [0.1, 0.15) is 43.5 Å². The Balaban J connectivity index is 2.05. The third-order valence-electron chi connectivity index (χ3n) is 3.41. The third-order valence-corrected chi connectivity index (χ3v) is 3.41. The average molecular weight is 248 g/mol. The molecule has 1 aromatic rings. The van der Waals surface area contributed by atoms with E-state index < -0.39 is 0 Å². The monoisotopic (exact) mass is 248 g/mol. The lowest BCUT2D eigenvalue weighted by Crippen LogP contribution is -2.30. The van der Waals surface area contributed by atoms with E-state index in [2.05, 4.69) is 47.3 Å². The van der Waals surface area contributed by atoms with Gasteiger partial charge in [-0.1, -0.05) is 6.42 Å². The number of aromatic nitrogens is 2. The molecule has 1 aliphatic carbocycles. The molecule has 0 aliphatic heterocycles. The Morgan fingerprint density at radius 1 is 1.39 bits per heavy atom. The summed E-state index contributed by atoms with van der Waals surface area (Å²) >= 11 is 0. The molecule has 0 radical (unpaired) electrons. The topological polar surface area (TPSA) is 41.1 Å². The zero-order chi connectivity index (χ0) is 13.1. The summed E-state index contributed by atoms with van der Waals surface area (Å²) in [5.74, 6) is 1.45. The van der Waals surface area contributed by atoms with Crippen LogP contribution in [0.25, 0.3) is 0 Å². The van der Waals surface area contributed by atoms with Crippen LogP contribution < -0.4 is 5.32 Å². The number of nitrogens with zero attached hydrogens (tertiary/aromatic N) is 3. The molecular formula is C14H24N4. The van der Waals surface area contributed by atoms with E-state index in [0.717, 1.165) is 18.2 Å². The molecule has 100 valence electrons. The fourth-order valence-electron chi connectivity index (χ4n) is 2.38. The molecule has 4 heteroatoms. The van der Waals surface area contributed by atoms with Crippen LogP contribution in [0.5, 0.6) is 0 Å². The van der Waals surface area contributed by atoms with Gasteiger partial charge in [-0.05, 0) is 46.9 Å². The highest BCUT2D eigenvalue weighted by Gasteiger charge is 2.22. The van der Waals surface area contributed by atoms with Crippen LogP contribution in [0.15, 0.2) is 6.07 Å². The summed E-state index contributed by atoms with van der Waals surface area (Å²) in [6.45, 7) is 5.19. The largest absolute Gasteiger partial charge is 0.350 e. The fraction of sp³-hybridized carbons (Fsp3) is 0.714. The van der Waals surface area contributed by atoms with Gasteiger partial charge in [-0.15, -0.1) is 0 Å². The predicted octanol–water partition coefficient (Wildman–Crippen LogP) is 2.41. The number of hydrogen-bond donors (Lipinski definition) is 1. The van der Waals surface area contributed by atoms with Crippen LogP contribution in [-0.2, 0) is 0 Å². The molecule has 4 nitrogen and oxygen atoms in total. The summed E-state index contributed by atoms with van der Waals surface area (Å²) < 4.78 is 0. The molecule has 1 saturated carbocycles. The van der Waals surface area contributed by atoms with Crippen molar-refractivity contribution in [3.63, 3.8) is 0 Å². The molecule has 2 rings (SSSR count). The lowest BCUT2D eigenvalue weighted by molar-refractivity contribution is 0.390. The number of rotatable bonds is 5. The zero-order valence-electron chi connectivity index (χ0n) is 11.9. The summed E-state index contributed by atoms with van der Waals surface area (Å²) in [7, 11) is 4.16. The molecule has 0 aromatic carbocycles. The number of anilines is 1. The predicted molar refractivity (Wildman–Crippen MR) is 75.0 cm³/mol. The van der Waals surface area contributed by atoms with Gasteiger partial charge in [0.2, 0.25) is 5.95 Å². The minimum Gasteiger partial charge on any atom is -0.350 e. The Labute approximate surface area is 110 Å². The lowest BCUT2D eigenvalue weighted by Gasteiger charge is -2.25. The van der Waals surface area contributed by atoms with Gasteiger partial charge in [0.1, 0.15) is 0 Å². The second-order valence-electron chi connectivity index (χ2n) is 5.69. The van der Waals surface area contributed by atoms with Gasteiger partial charge in [-0.25, -0.2) is 9.97 Å². The summed E-state index contributed by atoms with van der Waals surface area (Å²) in [6.07, 6.45) is 3.90. The first-order valence-electron chi connectivity index (χ1n) is 6.81. The fourth-order valence-corrected chi connectivity index (χ4v) is 2.38. The van der Waals surface area contributed by atoms with Crippen LogP contribution in [0.3, 0.4) is 0 Å². The van der Waals surface area contributed by atoms with Gasteiger partial charge in [0.15, 0.2) is 0 Å². The van der Waals surface area contributed by atoms with E-state index in [4.69, 9.17) is 0 Å². The van der Waals surface area contributed by atoms with E-state index >= 15 is 0 Å². The smallest absolute Gasteiger partial charge is 0.223 e. The first kappa shape index (κ1) is 13.3. The van der Waals surface area contributed by atoms with E-state index in [1.807, 2.05) is 6.92 Å². The zero-order valence-corrected chi connectivity index (χ0v) is 11.9. The van der Waals surface area contributed by atoms with Crippen molar-refractivity contribution >= 4 is 5.95 Å². The SMILES string of the molecule is Cc1cc(C2CCC2)nc(N[C@H](C)CN(C)C)n1. The Morgan fingerprint density at radius 2 is 2.11 bits per heavy atom. The maximum Gasteiger partial charge on any atom is 0.223 e. The molecule has 0 saturated heterocycles. The molecule has 1 atom stereocenters. The Morgan fingerprint density at radius 3 is 2.67 bits per heavy atom. The Hall–Kier alpha value is -1.16. The Bertz CT molecular complexity index is 399. The van der Waals surface area contributed by atoms with Gasteiger partial charge in [0.05, 0.1) is 0 Å². The Kier molecular flexibility index (Phi) is 4.17. The molecule has 1 aliphatic rings. The van der Waals surface area contributed by atoms with E-state index in [0.29, 0.717) is 12.0 Å². The average Bonchev–Trinajstić information content (AvgIpc) is 2.11. The van der Waals surface area contributed by atoms with Gasteiger partial charge in [0, 0.05) is 29.9 Å². The molecular weight excluding hydrogens is 224 g/mol. The van der Waals surface area contributed by atoms with E-state index in [-0.39, 0.29) is 0 Å². The van der Waals surface area contributed by atoms with Crippen molar-refractivity contribution in [2.24, 2.45) is 0 Å². The highest BCUT2D eigenvalue weighted by Crippen LogP contribution is 2.35. The summed E-state index contributed by atoms with van der Waals surface area (Å²) in [6, 6.07) is 2.49. The van der Waals surface area contributed by atoms with Crippen LogP contribution in [-0.4, -0.2) is 41.5 Å². The second kappa shape index (κ2) is 5.65. The van der Waals surface area contributed by atoms with Crippen molar-refractivity contribution in [3.8, 4) is 0 Å². The molecule has 1 heterocycles. The molecule has 0 unspecified atom stereocenters. The first-order chi connectivity index (χ1) is 8.54. The van der Waals surface area contributed by atoms with Crippen LogP contribution >= 0.6 is 0 Å². The number of likely N-dealkylation sites (N-methyl/N-ethyl adjacent to an activating group) is 1. The van der Waals surface area contributed by atoms with Gasteiger partial charge >= 0.3 is 0 Å². The van der Waals surface area contributed by atoms with E-state index in [9.17, 15) is 0 Å². The minimum atomic E-state index is 0.357. The second-order valence-corrected chi connectivity index (χ2v) is 5.69. The molecule has 0 bridgehead atoms. The molecule has 18 heavy (non-hydrogen) atoms. The lowest BCUT2D eigenvalue weighted by atomic mass is 9.83. The van der Waals surface area contributed by atoms with Crippen LogP contribution in [0.4, 0.5) is 5.95 Å². The molecule has 0 spiro atoms. The van der Waals surface area contributed by atoms with Crippen molar-refractivity contribution < 1.29 is 0 Å². The molecule has 0 amide bonds. The van der Waals surface area contributed by atoms with Crippen molar-refractivity contribution in [1.82, 2.24) is 14.9 Å². The minimum absolute atomic E-state index is 0.357. The highest BCUT2D eigenvalue weighted by molar-refractivity contribution is 5.31. The van der Waals surface area contributed by atoms with Crippen molar-refractivity contribution in [1.29, 1.82) is 0 Å². The van der Waals surface area contributed by atoms with Crippen molar-refractivity contribution in [3.05, 3.63) is 17.5 Å². The van der Waals surface area contributed by atoms with E-state index in [1.165, 1.54) is 25.0 Å². The van der Waals surface area contributed by atoms with Gasteiger partial charge in [0.25, 0.3) is 0 Å². The maximum absolute atomic E-state index is 4.66. The maximum atomic E-state index is 4.66. The third kappa shape index (κ3) is 3.42. The molecule has 1 N–H and O–H groups in total. The van der Waals surface area contributed by atoms with Crippen LogP contribution in [0.2, 0.25) is 0 Å². The number of hydrogen-bond acceptors (Lipinski definition) is 4. The van der Waals surface area contributed by atoms with Gasteiger partial charge in [-0.2, -0.15) is 0 Å². The van der Waals surface area contributed by atoms with Crippen molar-refractivity contribution in [2.75, 3.05) is 26.0 Å². The summed E-state index contributed by atoms with van der Waals surface area (Å²) in [5.41, 5.74) is 2.28. The molecule has 1 aromatic heterocycles.